The van der Waals surface area contributed by atoms with Crippen LogP contribution < -0.4 is 4.90 Å². The molecular formula is C14H16F3NO3. The van der Waals surface area contributed by atoms with Gasteiger partial charge in [-0.25, -0.2) is 4.79 Å². The van der Waals surface area contributed by atoms with E-state index in [2.05, 4.69) is 0 Å². The summed E-state index contributed by atoms with van der Waals surface area (Å²) in [7, 11) is 0. The maximum Gasteiger partial charge on any atom is 0.416 e. The molecule has 0 unspecified atom stereocenters. The first-order chi connectivity index (χ1) is 9.84. The Morgan fingerprint density at radius 3 is 2.67 bits per heavy atom. The van der Waals surface area contributed by atoms with Crippen LogP contribution in [0.1, 0.15) is 29.3 Å². The molecule has 0 amide bonds. The van der Waals surface area contributed by atoms with Gasteiger partial charge in [-0.3, -0.25) is 0 Å². The first kappa shape index (κ1) is 15.6. The van der Waals surface area contributed by atoms with Crippen molar-refractivity contribution >= 4 is 11.7 Å². The lowest BCUT2D eigenvalue weighted by molar-refractivity contribution is -0.137. The van der Waals surface area contributed by atoms with Gasteiger partial charge in [-0.2, -0.15) is 13.2 Å². The molecule has 2 rings (SSSR count). The van der Waals surface area contributed by atoms with Gasteiger partial charge in [0.15, 0.2) is 0 Å². The number of hydrogen-bond acceptors (Lipinski definition) is 3. The number of halogens is 3. The van der Waals surface area contributed by atoms with E-state index in [1.807, 2.05) is 6.92 Å². The van der Waals surface area contributed by atoms with Crippen molar-refractivity contribution in [1.82, 2.24) is 0 Å². The number of carbonyl (C=O) groups is 1. The zero-order valence-corrected chi connectivity index (χ0v) is 11.5. The van der Waals surface area contributed by atoms with Crippen LogP contribution in [0.4, 0.5) is 18.9 Å². The summed E-state index contributed by atoms with van der Waals surface area (Å²) >= 11 is 0. The van der Waals surface area contributed by atoms with Crippen LogP contribution in [0.25, 0.3) is 0 Å². The lowest BCUT2D eigenvalue weighted by Crippen LogP contribution is -2.36. The second-order valence-corrected chi connectivity index (χ2v) is 4.84. The van der Waals surface area contributed by atoms with Crippen molar-refractivity contribution in [2.75, 3.05) is 24.7 Å². The SMILES string of the molecule is CCN(c1ccc(C(F)(F)F)cc1C(=O)O)[C@H]1CCOC1. The van der Waals surface area contributed by atoms with Gasteiger partial charge >= 0.3 is 12.1 Å². The minimum atomic E-state index is -4.56. The number of hydrogen-bond donors (Lipinski definition) is 1. The molecule has 0 radical (unpaired) electrons. The predicted molar refractivity (Wildman–Crippen MR) is 70.6 cm³/mol. The molecule has 1 saturated heterocycles. The Balaban J connectivity index is 2.44. The van der Waals surface area contributed by atoms with Crippen molar-refractivity contribution in [3.8, 4) is 0 Å². The van der Waals surface area contributed by atoms with Crippen LogP contribution in [0, 0.1) is 0 Å². The third-order valence-electron chi connectivity index (χ3n) is 3.55. The van der Waals surface area contributed by atoms with E-state index in [-0.39, 0.29) is 11.6 Å². The summed E-state index contributed by atoms with van der Waals surface area (Å²) in [5, 5.41) is 9.22. The molecular weight excluding hydrogens is 287 g/mol. The van der Waals surface area contributed by atoms with Crippen molar-refractivity contribution < 1.29 is 27.8 Å². The Morgan fingerprint density at radius 2 is 2.19 bits per heavy atom. The molecule has 7 heteroatoms. The van der Waals surface area contributed by atoms with Crippen LogP contribution in [0.2, 0.25) is 0 Å². The molecule has 1 aromatic rings. The molecule has 0 spiro atoms. The van der Waals surface area contributed by atoms with E-state index in [1.165, 1.54) is 6.07 Å². The van der Waals surface area contributed by atoms with Gasteiger partial charge in [-0.1, -0.05) is 0 Å². The van der Waals surface area contributed by atoms with Crippen molar-refractivity contribution in [1.29, 1.82) is 0 Å². The number of ether oxygens (including phenoxy) is 1. The van der Waals surface area contributed by atoms with Crippen molar-refractivity contribution in [3.05, 3.63) is 29.3 Å². The average Bonchev–Trinajstić information content (AvgIpc) is 2.92. The van der Waals surface area contributed by atoms with Crippen LogP contribution in [0.3, 0.4) is 0 Å². The number of anilines is 1. The summed E-state index contributed by atoms with van der Waals surface area (Å²) in [6, 6.07) is 2.83. The van der Waals surface area contributed by atoms with Crippen LogP contribution in [-0.4, -0.2) is 36.9 Å². The van der Waals surface area contributed by atoms with Gasteiger partial charge in [0, 0.05) is 13.2 Å². The monoisotopic (exact) mass is 303 g/mol. The molecule has 4 nitrogen and oxygen atoms in total. The fourth-order valence-corrected chi connectivity index (χ4v) is 2.53. The first-order valence-corrected chi connectivity index (χ1v) is 6.63. The highest BCUT2D eigenvalue weighted by Gasteiger charge is 2.33. The summed E-state index contributed by atoms with van der Waals surface area (Å²) in [4.78, 5) is 13.1. The fourth-order valence-electron chi connectivity index (χ4n) is 2.53. The summed E-state index contributed by atoms with van der Waals surface area (Å²) in [5.41, 5.74) is -0.991. The third-order valence-corrected chi connectivity index (χ3v) is 3.55. The fraction of sp³-hybridized carbons (Fsp3) is 0.500. The number of carboxylic acids is 1. The summed E-state index contributed by atoms with van der Waals surface area (Å²) in [6.07, 6.45) is -3.83. The zero-order chi connectivity index (χ0) is 15.6. The van der Waals surface area contributed by atoms with Gasteiger partial charge in [0.2, 0.25) is 0 Å². The van der Waals surface area contributed by atoms with E-state index in [0.717, 1.165) is 12.5 Å². The molecule has 1 aromatic carbocycles. The zero-order valence-electron chi connectivity index (χ0n) is 11.5. The molecule has 21 heavy (non-hydrogen) atoms. The summed E-state index contributed by atoms with van der Waals surface area (Å²) in [6.45, 7) is 3.36. The molecule has 1 heterocycles. The third kappa shape index (κ3) is 3.29. The van der Waals surface area contributed by atoms with Crippen LogP contribution >= 0.6 is 0 Å². The van der Waals surface area contributed by atoms with E-state index < -0.39 is 17.7 Å². The molecule has 0 aromatic heterocycles. The van der Waals surface area contributed by atoms with Crippen molar-refractivity contribution in [3.63, 3.8) is 0 Å². The van der Waals surface area contributed by atoms with E-state index in [4.69, 9.17) is 4.74 Å². The molecule has 0 bridgehead atoms. The Hall–Kier alpha value is -1.76. The van der Waals surface area contributed by atoms with E-state index in [1.54, 1.807) is 4.90 Å². The Labute approximate surface area is 120 Å². The van der Waals surface area contributed by atoms with Crippen LogP contribution in [0.5, 0.6) is 0 Å². The quantitative estimate of drug-likeness (QED) is 0.929. The van der Waals surface area contributed by atoms with Crippen molar-refractivity contribution in [2.45, 2.75) is 25.6 Å². The molecule has 1 fully saturated rings. The van der Waals surface area contributed by atoms with Gasteiger partial charge in [0.25, 0.3) is 0 Å². The largest absolute Gasteiger partial charge is 0.478 e. The Kier molecular flexibility index (Phi) is 4.41. The Bertz CT molecular complexity index is 525. The number of likely N-dealkylation sites (N-methyl/N-ethyl adjacent to an activating group) is 1. The molecule has 1 atom stereocenters. The van der Waals surface area contributed by atoms with Gasteiger partial charge in [-0.05, 0) is 31.5 Å². The average molecular weight is 303 g/mol. The minimum absolute atomic E-state index is 0.00941. The smallest absolute Gasteiger partial charge is 0.416 e. The van der Waals surface area contributed by atoms with Crippen LogP contribution in [0.15, 0.2) is 18.2 Å². The van der Waals surface area contributed by atoms with E-state index in [0.29, 0.717) is 31.5 Å². The maximum absolute atomic E-state index is 12.7. The lowest BCUT2D eigenvalue weighted by Gasteiger charge is -2.30. The molecule has 1 aliphatic heterocycles. The number of carboxylic acid groups (broad SMARTS) is 1. The van der Waals surface area contributed by atoms with Gasteiger partial charge < -0.3 is 14.7 Å². The number of rotatable bonds is 4. The highest BCUT2D eigenvalue weighted by Crippen LogP contribution is 2.34. The molecule has 1 aliphatic rings. The molecule has 1 N–H and O–H groups in total. The lowest BCUT2D eigenvalue weighted by atomic mass is 10.1. The second-order valence-electron chi connectivity index (χ2n) is 4.84. The summed E-state index contributed by atoms with van der Waals surface area (Å²) < 4.78 is 43.4. The van der Waals surface area contributed by atoms with Crippen molar-refractivity contribution in [2.24, 2.45) is 0 Å². The highest BCUT2D eigenvalue weighted by atomic mass is 19.4. The molecule has 0 saturated carbocycles. The standard InChI is InChI=1S/C14H16F3NO3/c1-2-18(10-5-6-21-8-10)12-4-3-9(14(15,16)17)7-11(12)13(19)20/h3-4,7,10H,2,5-6,8H2,1H3,(H,19,20)/t10-/m0/s1. The highest BCUT2D eigenvalue weighted by molar-refractivity contribution is 5.94. The first-order valence-electron chi connectivity index (χ1n) is 6.63. The van der Waals surface area contributed by atoms with Gasteiger partial charge in [0.05, 0.1) is 29.5 Å². The van der Waals surface area contributed by atoms with E-state index in [9.17, 15) is 23.1 Å². The minimum Gasteiger partial charge on any atom is -0.478 e. The number of aromatic carboxylic acids is 1. The second kappa shape index (κ2) is 5.93. The predicted octanol–water partition coefficient (Wildman–Crippen LogP) is 3.02. The molecule has 0 aliphatic carbocycles. The molecule has 116 valence electrons. The summed E-state index contributed by atoms with van der Waals surface area (Å²) in [5.74, 6) is -1.37. The number of alkyl halides is 3. The number of nitrogens with zero attached hydrogens (tertiary/aromatic N) is 1. The number of benzene rings is 1. The normalized spacial score (nSPS) is 18.8. The van der Waals surface area contributed by atoms with E-state index >= 15 is 0 Å². The van der Waals surface area contributed by atoms with Crippen LogP contribution in [-0.2, 0) is 10.9 Å². The topological polar surface area (TPSA) is 49.8 Å². The Morgan fingerprint density at radius 1 is 1.48 bits per heavy atom. The maximum atomic E-state index is 12.7. The van der Waals surface area contributed by atoms with Gasteiger partial charge in [-0.15, -0.1) is 0 Å². The van der Waals surface area contributed by atoms with Gasteiger partial charge in [0.1, 0.15) is 0 Å².